The third-order valence-electron chi connectivity index (χ3n) is 3.62. The topological polar surface area (TPSA) is 41.1 Å². The lowest BCUT2D eigenvalue weighted by Gasteiger charge is -2.22. The van der Waals surface area contributed by atoms with E-state index in [0.29, 0.717) is 12.0 Å². The molecular weight excluding hydrogens is 200 g/mol. The van der Waals surface area contributed by atoms with Crippen molar-refractivity contribution in [3.8, 4) is 0 Å². The molecule has 0 heterocycles. The maximum absolute atomic E-state index is 11.9. The van der Waals surface area contributed by atoms with Gasteiger partial charge in [-0.3, -0.25) is 4.79 Å². The van der Waals surface area contributed by atoms with Gasteiger partial charge in [0.25, 0.3) is 0 Å². The fourth-order valence-corrected chi connectivity index (χ4v) is 2.40. The Bertz CT molecular complexity index is 212. The first-order valence-corrected chi connectivity index (χ1v) is 6.66. The van der Waals surface area contributed by atoms with Crippen molar-refractivity contribution in [2.75, 3.05) is 13.1 Å². The predicted molar refractivity (Wildman–Crippen MR) is 67.3 cm³/mol. The molecule has 0 aromatic rings. The molecule has 1 aliphatic rings. The van der Waals surface area contributed by atoms with Gasteiger partial charge in [-0.15, -0.1) is 0 Å². The molecule has 3 heteroatoms. The second-order valence-corrected chi connectivity index (χ2v) is 5.05. The Labute approximate surface area is 99.4 Å². The molecule has 2 atom stereocenters. The second-order valence-electron chi connectivity index (χ2n) is 5.05. The highest BCUT2D eigenvalue weighted by Crippen LogP contribution is 2.27. The SMILES string of the molecule is CCNCC(C)C(=O)N[C@@H](C)C1CCCC1. The van der Waals surface area contributed by atoms with Crippen LogP contribution in [0.25, 0.3) is 0 Å². The quantitative estimate of drug-likeness (QED) is 0.726. The molecule has 0 aromatic heterocycles. The van der Waals surface area contributed by atoms with Gasteiger partial charge in [-0.1, -0.05) is 26.7 Å². The molecule has 1 saturated carbocycles. The van der Waals surface area contributed by atoms with Crippen molar-refractivity contribution in [3.63, 3.8) is 0 Å². The average Bonchev–Trinajstić information content (AvgIpc) is 2.79. The molecule has 94 valence electrons. The third kappa shape index (κ3) is 4.12. The van der Waals surface area contributed by atoms with Crippen LogP contribution in [0.4, 0.5) is 0 Å². The first-order valence-electron chi connectivity index (χ1n) is 6.66. The molecular formula is C13H26N2O. The van der Waals surface area contributed by atoms with Crippen molar-refractivity contribution >= 4 is 5.91 Å². The molecule has 0 aliphatic heterocycles. The number of carbonyl (C=O) groups is 1. The van der Waals surface area contributed by atoms with Crippen LogP contribution in [0.5, 0.6) is 0 Å². The molecule has 1 amide bonds. The van der Waals surface area contributed by atoms with Gasteiger partial charge in [-0.05, 0) is 32.2 Å². The third-order valence-corrected chi connectivity index (χ3v) is 3.62. The maximum atomic E-state index is 11.9. The van der Waals surface area contributed by atoms with E-state index in [9.17, 15) is 4.79 Å². The highest BCUT2D eigenvalue weighted by molar-refractivity contribution is 5.78. The van der Waals surface area contributed by atoms with Crippen molar-refractivity contribution in [1.29, 1.82) is 0 Å². The van der Waals surface area contributed by atoms with Gasteiger partial charge in [0.15, 0.2) is 0 Å². The Morgan fingerprint density at radius 1 is 1.31 bits per heavy atom. The van der Waals surface area contributed by atoms with E-state index in [2.05, 4.69) is 24.5 Å². The van der Waals surface area contributed by atoms with Crippen molar-refractivity contribution in [1.82, 2.24) is 10.6 Å². The van der Waals surface area contributed by atoms with Gasteiger partial charge in [-0.2, -0.15) is 0 Å². The van der Waals surface area contributed by atoms with E-state index in [-0.39, 0.29) is 11.8 Å². The van der Waals surface area contributed by atoms with Gasteiger partial charge < -0.3 is 10.6 Å². The van der Waals surface area contributed by atoms with Gasteiger partial charge in [0.05, 0.1) is 0 Å². The van der Waals surface area contributed by atoms with E-state index in [1.165, 1.54) is 25.7 Å². The van der Waals surface area contributed by atoms with Crippen molar-refractivity contribution < 1.29 is 4.79 Å². The second kappa shape index (κ2) is 6.89. The zero-order chi connectivity index (χ0) is 12.0. The summed E-state index contributed by atoms with van der Waals surface area (Å²) in [6.07, 6.45) is 5.22. The van der Waals surface area contributed by atoms with Crippen LogP contribution in [-0.2, 0) is 4.79 Å². The molecule has 1 unspecified atom stereocenters. The normalized spacial score (nSPS) is 20.7. The summed E-state index contributed by atoms with van der Waals surface area (Å²) in [7, 11) is 0. The molecule has 1 aliphatic carbocycles. The van der Waals surface area contributed by atoms with E-state index in [0.717, 1.165) is 13.1 Å². The Morgan fingerprint density at radius 2 is 1.94 bits per heavy atom. The number of hydrogen-bond acceptors (Lipinski definition) is 2. The highest BCUT2D eigenvalue weighted by atomic mass is 16.1. The van der Waals surface area contributed by atoms with Crippen LogP contribution in [-0.4, -0.2) is 25.0 Å². The fourth-order valence-electron chi connectivity index (χ4n) is 2.40. The van der Waals surface area contributed by atoms with Crippen LogP contribution < -0.4 is 10.6 Å². The monoisotopic (exact) mass is 226 g/mol. The lowest BCUT2D eigenvalue weighted by molar-refractivity contribution is -0.125. The fraction of sp³-hybridized carbons (Fsp3) is 0.923. The average molecular weight is 226 g/mol. The largest absolute Gasteiger partial charge is 0.353 e. The van der Waals surface area contributed by atoms with Crippen LogP contribution in [0.15, 0.2) is 0 Å². The summed E-state index contributed by atoms with van der Waals surface area (Å²) in [6, 6.07) is 0.346. The van der Waals surface area contributed by atoms with Crippen LogP contribution in [0.3, 0.4) is 0 Å². The molecule has 3 nitrogen and oxygen atoms in total. The van der Waals surface area contributed by atoms with Crippen LogP contribution in [0.1, 0.15) is 46.5 Å². The summed E-state index contributed by atoms with van der Waals surface area (Å²) < 4.78 is 0. The van der Waals surface area contributed by atoms with Gasteiger partial charge >= 0.3 is 0 Å². The number of amides is 1. The molecule has 1 fully saturated rings. The highest BCUT2D eigenvalue weighted by Gasteiger charge is 2.24. The van der Waals surface area contributed by atoms with Crippen molar-refractivity contribution in [3.05, 3.63) is 0 Å². The molecule has 0 bridgehead atoms. The van der Waals surface area contributed by atoms with E-state index in [4.69, 9.17) is 0 Å². The molecule has 16 heavy (non-hydrogen) atoms. The lowest BCUT2D eigenvalue weighted by Crippen LogP contribution is -2.42. The molecule has 0 saturated heterocycles. The number of hydrogen-bond donors (Lipinski definition) is 2. The van der Waals surface area contributed by atoms with E-state index in [1.54, 1.807) is 0 Å². The Morgan fingerprint density at radius 3 is 2.50 bits per heavy atom. The van der Waals surface area contributed by atoms with Crippen LogP contribution in [0.2, 0.25) is 0 Å². The van der Waals surface area contributed by atoms with Gasteiger partial charge in [0, 0.05) is 18.5 Å². The Kier molecular flexibility index (Phi) is 5.81. The van der Waals surface area contributed by atoms with E-state index in [1.807, 2.05) is 6.92 Å². The minimum atomic E-state index is 0.0730. The molecule has 0 aromatic carbocycles. The minimum Gasteiger partial charge on any atom is -0.353 e. The Hall–Kier alpha value is -0.570. The van der Waals surface area contributed by atoms with Crippen LogP contribution >= 0.6 is 0 Å². The number of carbonyl (C=O) groups excluding carboxylic acids is 1. The molecule has 1 rings (SSSR count). The summed E-state index contributed by atoms with van der Waals surface area (Å²) in [5, 5.41) is 6.36. The van der Waals surface area contributed by atoms with Gasteiger partial charge in [-0.25, -0.2) is 0 Å². The molecule has 2 N–H and O–H groups in total. The number of rotatable bonds is 6. The smallest absolute Gasteiger partial charge is 0.224 e. The zero-order valence-electron chi connectivity index (χ0n) is 10.9. The Balaban J connectivity index is 2.26. The van der Waals surface area contributed by atoms with Gasteiger partial charge in [0.2, 0.25) is 5.91 Å². The van der Waals surface area contributed by atoms with E-state index >= 15 is 0 Å². The first kappa shape index (κ1) is 13.5. The maximum Gasteiger partial charge on any atom is 0.224 e. The predicted octanol–water partition coefficient (Wildman–Crippen LogP) is 1.93. The summed E-state index contributed by atoms with van der Waals surface area (Å²) >= 11 is 0. The summed E-state index contributed by atoms with van der Waals surface area (Å²) in [5.41, 5.74) is 0. The molecule has 0 radical (unpaired) electrons. The standard InChI is InChI=1S/C13H26N2O/c1-4-14-9-10(2)13(16)15-11(3)12-7-5-6-8-12/h10-12,14H,4-9H2,1-3H3,(H,15,16)/t10?,11-/m0/s1. The van der Waals surface area contributed by atoms with Crippen LogP contribution in [0, 0.1) is 11.8 Å². The number of nitrogens with one attached hydrogen (secondary N) is 2. The summed E-state index contributed by atoms with van der Waals surface area (Å²) in [4.78, 5) is 11.9. The molecule has 0 spiro atoms. The lowest BCUT2D eigenvalue weighted by atomic mass is 9.99. The first-order chi connectivity index (χ1) is 7.65. The van der Waals surface area contributed by atoms with Crippen molar-refractivity contribution in [2.45, 2.75) is 52.5 Å². The minimum absolute atomic E-state index is 0.0730. The summed E-state index contributed by atoms with van der Waals surface area (Å²) in [5.74, 6) is 0.972. The zero-order valence-corrected chi connectivity index (χ0v) is 10.9. The van der Waals surface area contributed by atoms with Gasteiger partial charge in [0.1, 0.15) is 0 Å². The summed E-state index contributed by atoms with van der Waals surface area (Å²) in [6.45, 7) is 7.90. The van der Waals surface area contributed by atoms with E-state index < -0.39 is 0 Å². The van der Waals surface area contributed by atoms with Crippen molar-refractivity contribution in [2.24, 2.45) is 11.8 Å².